The molecular formula is C15H22BrN3O3. The summed E-state index contributed by atoms with van der Waals surface area (Å²) < 4.78 is 6.61. The van der Waals surface area contributed by atoms with E-state index in [1.165, 1.54) is 4.90 Å². The molecule has 0 aromatic heterocycles. The molecule has 0 bridgehead atoms. The number of amides is 2. The van der Waals surface area contributed by atoms with Crippen LogP contribution in [0.3, 0.4) is 0 Å². The number of ether oxygens (including phenoxy) is 1. The quantitative estimate of drug-likeness (QED) is 0.739. The Hall–Kier alpha value is -1.60. The van der Waals surface area contributed by atoms with Gasteiger partial charge in [0.15, 0.2) is 0 Å². The normalized spacial score (nSPS) is 10.4. The van der Waals surface area contributed by atoms with Crippen LogP contribution in [0.15, 0.2) is 28.7 Å². The molecule has 1 rings (SSSR count). The minimum atomic E-state index is -0.183. The summed E-state index contributed by atoms with van der Waals surface area (Å²) in [7, 11) is 5.01. The highest BCUT2D eigenvalue weighted by Gasteiger charge is 2.14. The Labute approximate surface area is 139 Å². The monoisotopic (exact) mass is 371 g/mol. The number of benzene rings is 1. The van der Waals surface area contributed by atoms with Crippen LogP contribution in [-0.2, 0) is 9.59 Å². The van der Waals surface area contributed by atoms with Gasteiger partial charge in [-0.3, -0.25) is 14.5 Å². The molecule has 0 radical (unpaired) electrons. The minimum absolute atomic E-state index is 0.0680. The highest BCUT2D eigenvalue weighted by atomic mass is 79.9. The van der Waals surface area contributed by atoms with Crippen LogP contribution >= 0.6 is 15.9 Å². The molecule has 0 unspecified atom stereocenters. The zero-order valence-corrected chi connectivity index (χ0v) is 14.7. The van der Waals surface area contributed by atoms with Gasteiger partial charge in [-0.1, -0.05) is 15.9 Å². The average Bonchev–Trinajstić information content (AvgIpc) is 2.49. The van der Waals surface area contributed by atoms with E-state index in [9.17, 15) is 9.59 Å². The maximum atomic E-state index is 11.9. The molecule has 0 fully saturated rings. The van der Waals surface area contributed by atoms with Gasteiger partial charge in [0.1, 0.15) is 12.4 Å². The molecule has 1 aromatic carbocycles. The Morgan fingerprint density at radius 3 is 2.41 bits per heavy atom. The first-order chi connectivity index (χ1) is 10.4. The van der Waals surface area contributed by atoms with Crippen LogP contribution in [0.4, 0.5) is 0 Å². The summed E-state index contributed by atoms with van der Waals surface area (Å²) in [5.74, 6) is 0.506. The van der Waals surface area contributed by atoms with Crippen LogP contribution in [0.25, 0.3) is 0 Å². The average molecular weight is 372 g/mol. The molecule has 1 aromatic rings. The van der Waals surface area contributed by atoms with E-state index in [1.54, 1.807) is 14.1 Å². The van der Waals surface area contributed by atoms with Crippen LogP contribution in [0.5, 0.6) is 5.75 Å². The number of carbonyl (C=O) groups is 2. The predicted octanol–water partition coefficient (Wildman–Crippen LogP) is 0.964. The van der Waals surface area contributed by atoms with Crippen molar-refractivity contribution in [2.24, 2.45) is 0 Å². The van der Waals surface area contributed by atoms with E-state index >= 15 is 0 Å². The molecule has 2 amide bonds. The van der Waals surface area contributed by atoms with Gasteiger partial charge in [-0.2, -0.15) is 0 Å². The van der Waals surface area contributed by atoms with E-state index < -0.39 is 0 Å². The zero-order valence-electron chi connectivity index (χ0n) is 13.1. The Morgan fingerprint density at radius 2 is 1.82 bits per heavy atom. The second-order valence-electron chi connectivity index (χ2n) is 4.96. The molecule has 1 N–H and O–H groups in total. The molecule has 0 aliphatic rings. The summed E-state index contributed by atoms with van der Waals surface area (Å²) in [4.78, 5) is 26.4. The fourth-order valence-electron chi connectivity index (χ4n) is 1.66. The van der Waals surface area contributed by atoms with E-state index in [1.807, 2.05) is 36.2 Å². The van der Waals surface area contributed by atoms with Gasteiger partial charge in [0, 0.05) is 25.1 Å². The smallest absolute Gasteiger partial charge is 0.239 e. The maximum absolute atomic E-state index is 11.9. The molecule has 0 heterocycles. The fraction of sp³-hybridized carbons (Fsp3) is 0.467. The van der Waals surface area contributed by atoms with Crippen molar-refractivity contribution in [1.82, 2.24) is 15.1 Å². The summed E-state index contributed by atoms with van der Waals surface area (Å²) in [6.45, 7) is 1.43. The van der Waals surface area contributed by atoms with Crippen molar-refractivity contribution < 1.29 is 14.3 Å². The van der Waals surface area contributed by atoms with Crippen molar-refractivity contribution in [3.63, 3.8) is 0 Å². The van der Waals surface area contributed by atoms with E-state index in [4.69, 9.17) is 4.74 Å². The zero-order chi connectivity index (χ0) is 16.5. The molecule has 0 spiro atoms. The summed E-state index contributed by atoms with van der Waals surface area (Å²) in [5, 5.41) is 2.49. The standard InChI is InChI=1S/C15H22BrN3O3/c1-17-14(20)10-19(3)15(21)11-18(2)8-9-22-13-6-4-12(16)5-7-13/h4-7H,8-11H2,1-3H3,(H,17,20). The molecule has 0 atom stereocenters. The predicted molar refractivity (Wildman–Crippen MR) is 88.8 cm³/mol. The van der Waals surface area contributed by atoms with Crippen molar-refractivity contribution in [3.05, 3.63) is 28.7 Å². The summed E-state index contributed by atoms with van der Waals surface area (Å²) in [5.41, 5.74) is 0. The Balaban J connectivity index is 2.27. The van der Waals surface area contributed by atoms with E-state index in [0.717, 1.165) is 10.2 Å². The van der Waals surface area contributed by atoms with Crippen molar-refractivity contribution >= 4 is 27.7 Å². The Kier molecular flexibility index (Phi) is 7.90. The lowest BCUT2D eigenvalue weighted by Gasteiger charge is -2.21. The van der Waals surface area contributed by atoms with Crippen molar-refractivity contribution in [1.29, 1.82) is 0 Å². The third-order valence-corrected chi connectivity index (χ3v) is 3.57. The van der Waals surface area contributed by atoms with E-state index in [-0.39, 0.29) is 24.9 Å². The largest absolute Gasteiger partial charge is 0.492 e. The summed E-state index contributed by atoms with van der Waals surface area (Å²) >= 11 is 3.37. The first-order valence-corrected chi connectivity index (χ1v) is 7.73. The number of likely N-dealkylation sites (N-methyl/N-ethyl adjacent to an activating group) is 3. The molecule has 22 heavy (non-hydrogen) atoms. The van der Waals surface area contributed by atoms with Crippen molar-refractivity contribution in [2.75, 3.05) is 47.4 Å². The molecule has 0 aliphatic carbocycles. The third-order valence-electron chi connectivity index (χ3n) is 3.05. The number of nitrogens with zero attached hydrogens (tertiary/aromatic N) is 2. The number of hydrogen-bond acceptors (Lipinski definition) is 4. The van der Waals surface area contributed by atoms with Gasteiger partial charge in [0.2, 0.25) is 11.8 Å². The van der Waals surface area contributed by atoms with Crippen LogP contribution in [0.2, 0.25) is 0 Å². The van der Waals surface area contributed by atoms with Gasteiger partial charge in [0.05, 0.1) is 13.1 Å². The summed E-state index contributed by atoms with van der Waals surface area (Å²) in [6, 6.07) is 7.59. The SMILES string of the molecule is CNC(=O)CN(C)C(=O)CN(C)CCOc1ccc(Br)cc1. The lowest BCUT2D eigenvalue weighted by Crippen LogP contribution is -2.42. The van der Waals surface area contributed by atoms with E-state index in [0.29, 0.717) is 13.2 Å². The van der Waals surface area contributed by atoms with Crippen molar-refractivity contribution in [3.8, 4) is 5.75 Å². The van der Waals surface area contributed by atoms with Crippen LogP contribution in [-0.4, -0.2) is 69.0 Å². The topological polar surface area (TPSA) is 61.9 Å². The molecule has 0 aliphatic heterocycles. The van der Waals surface area contributed by atoms with Crippen LogP contribution in [0.1, 0.15) is 0 Å². The van der Waals surface area contributed by atoms with Crippen LogP contribution < -0.4 is 10.1 Å². The lowest BCUT2D eigenvalue weighted by atomic mass is 10.3. The van der Waals surface area contributed by atoms with Gasteiger partial charge in [0.25, 0.3) is 0 Å². The van der Waals surface area contributed by atoms with Crippen LogP contribution in [0, 0.1) is 0 Å². The number of halogens is 1. The highest BCUT2D eigenvalue weighted by molar-refractivity contribution is 9.10. The summed E-state index contributed by atoms with van der Waals surface area (Å²) in [6.07, 6.45) is 0. The first kappa shape index (κ1) is 18.4. The van der Waals surface area contributed by atoms with Gasteiger partial charge in [-0.05, 0) is 31.3 Å². The number of carbonyl (C=O) groups excluding carboxylic acids is 2. The molecule has 6 nitrogen and oxygen atoms in total. The Bertz CT molecular complexity index is 493. The molecular weight excluding hydrogens is 350 g/mol. The Morgan fingerprint density at radius 1 is 1.18 bits per heavy atom. The minimum Gasteiger partial charge on any atom is -0.492 e. The lowest BCUT2D eigenvalue weighted by molar-refractivity contribution is -0.135. The van der Waals surface area contributed by atoms with Gasteiger partial charge in [-0.15, -0.1) is 0 Å². The first-order valence-electron chi connectivity index (χ1n) is 6.94. The number of hydrogen-bond donors (Lipinski definition) is 1. The fourth-order valence-corrected chi connectivity index (χ4v) is 1.93. The number of nitrogens with one attached hydrogen (secondary N) is 1. The molecule has 122 valence electrons. The second kappa shape index (κ2) is 9.42. The van der Waals surface area contributed by atoms with Crippen molar-refractivity contribution in [2.45, 2.75) is 0 Å². The highest BCUT2D eigenvalue weighted by Crippen LogP contribution is 2.15. The van der Waals surface area contributed by atoms with Gasteiger partial charge >= 0.3 is 0 Å². The second-order valence-corrected chi connectivity index (χ2v) is 5.88. The number of rotatable bonds is 8. The molecule has 7 heteroatoms. The van der Waals surface area contributed by atoms with Gasteiger partial charge in [-0.25, -0.2) is 0 Å². The van der Waals surface area contributed by atoms with E-state index in [2.05, 4.69) is 21.2 Å². The molecule has 0 saturated carbocycles. The van der Waals surface area contributed by atoms with Gasteiger partial charge < -0.3 is 15.0 Å². The maximum Gasteiger partial charge on any atom is 0.239 e. The molecule has 0 saturated heterocycles. The third kappa shape index (κ3) is 6.91.